The summed E-state index contributed by atoms with van der Waals surface area (Å²) >= 11 is 4.51. The van der Waals surface area contributed by atoms with Crippen LogP contribution in [0.5, 0.6) is 0 Å². The zero-order valence-corrected chi connectivity index (χ0v) is 14.0. The lowest BCUT2D eigenvalue weighted by Crippen LogP contribution is -2.13. The van der Waals surface area contributed by atoms with E-state index in [2.05, 4.69) is 31.0 Å². The van der Waals surface area contributed by atoms with Crippen molar-refractivity contribution in [3.63, 3.8) is 0 Å². The highest BCUT2D eigenvalue weighted by atomic mass is 79.9. The second-order valence-corrected chi connectivity index (χ2v) is 7.87. The summed E-state index contributed by atoms with van der Waals surface area (Å²) in [6, 6.07) is 6.88. The van der Waals surface area contributed by atoms with Crippen LogP contribution in [-0.2, 0) is 16.6 Å². The van der Waals surface area contributed by atoms with Crippen molar-refractivity contribution in [1.82, 2.24) is 10.3 Å². The summed E-state index contributed by atoms with van der Waals surface area (Å²) in [5.74, 6) is 0.286. The van der Waals surface area contributed by atoms with E-state index in [1.807, 2.05) is 13.0 Å². The van der Waals surface area contributed by atoms with Gasteiger partial charge >= 0.3 is 0 Å². The minimum Gasteiger partial charge on any atom is -0.312 e. The molecule has 2 N–H and O–H groups in total. The van der Waals surface area contributed by atoms with Crippen molar-refractivity contribution in [2.75, 3.05) is 11.3 Å². The second-order valence-electron chi connectivity index (χ2n) is 3.94. The molecule has 8 heteroatoms. The Morgan fingerprint density at radius 1 is 1.35 bits per heavy atom. The van der Waals surface area contributed by atoms with Crippen LogP contribution in [0.15, 0.2) is 39.1 Å². The zero-order chi connectivity index (χ0) is 14.6. The molecule has 0 saturated heterocycles. The van der Waals surface area contributed by atoms with Crippen LogP contribution in [0.4, 0.5) is 5.82 Å². The number of nitrogens with one attached hydrogen (secondary N) is 2. The molecule has 108 valence electrons. The highest BCUT2D eigenvalue weighted by Crippen LogP contribution is 2.26. The predicted octanol–water partition coefficient (Wildman–Crippen LogP) is 2.82. The Labute approximate surface area is 130 Å². The fourth-order valence-corrected chi connectivity index (χ4v) is 4.32. The number of sulfonamides is 1. The van der Waals surface area contributed by atoms with Crippen molar-refractivity contribution in [1.29, 1.82) is 0 Å². The number of anilines is 1. The molecule has 0 unspecified atom stereocenters. The number of nitrogens with zero attached hydrogens (tertiary/aromatic N) is 1. The normalized spacial score (nSPS) is 11.5. The Balaban J connectivity index is 2.18. The second kappa shape index (κ2) is 6.66. The highest BCUT2D eigenvalue weighted by molar-refractivity contribution is 9.10. The van der Waals surface area contributed by atoms with E-state index in [1.54, 1.807) is 18.2 Å². The molecule has 0 atom stereocenters. The molecule has 0 aliphatic carbocycles. The Morgan fingerprint density at radius 2 is 2.15 bits per heavy atom. The maximum absolute atomic E-state index is 12.3. The third kappa shape index (κ3) is 3.78. The lowest BCUT2D eigenvalue weighted by atomic mass is 10.4. The average molecular weight is 376 g/mol. The van der Waals surface area contributed by atoms with Crippen molar-refractivity contribution in [3.05, 3.63) is 39.8 Å². The van der Waals surface area contributed by atoms with Gasteiger partial charge in [0.1, 0.15) is 4.21 Å². The SMILES string of the molecule is CCNCc1ccc(S(=O)(=O)Nc2ncccc2Br)s1. The molecule has 2 aromatic heterocycles. The first-order chi connectivity index (χ1) is 9.53. The maximum Gasteiger partial charge on any atom is 0.272 e. The summed E-state index contributed by atoms with van der Waals surface area (Å²) in [6.45, 7) is 3.52. The van der Waals surface area contributed by atoms with E-state index in [4.69, 9.17) is 0 Å². The zero-order valence-electron chi connectivity index (χ0n) is 10.8. The van der Waals surface area contributed by atoms with Crippen LogP contribution in [-0.4, -0.2) is 19.9 Å². The van der Waals surface area contributed by atoms with E-state index in [9.17, 15) is 8.42 Å². The molecule has 0 aliphatic heterocycles. The van der Waals surface area contributed by atoms with Crippen LogP contribution in [0, 0.1) is 0 Å². The fourth-order valence-electron chi connectivity index (χ4n) is 1.48. The topological polar surface area (TPSA) is 71.1 Å². The van der Waals surface area contributed by atoms with Crippen LogP contribution in [0.1, 0.15) is 11.8 Å². The number of hydrogen-bond acceptors (Lipinski definition) is 5. The Kier molecular flexibility index (Phi) is 5.14. The summed E-state index contributed by atoms with van der Waals surface area (Å²) in [5, 5.41) is 3.16. The van der Waals surface area contributed by atoms with Crippen molar-refractivity contribution in [3.8, 4) is 0 Å². The van der Waals surface area contributed by atoms with Crippen LogP contribution in [0.25, 0.3) is 0 Å². The van der Waals surface area contributed by atoms with Gasteiger partial charge in [0.2, 0.25) is 0 Å². The van der Waals surface area contributed by atoms with Gasteiger partial charge in [0, 0.05) is 17.6 Å². The molecule has 2 heterocycles. The lowest BCUT2D eigenvalue weighted by Gasteiger charge is -2.06. The van der Waals surface area contributed by atoms with Gasteiger partial charge in [-0.25, -0.2) is 13.4 Å². The summed E-state index contributed by atoms with van der Waals surface area (Å²) in [5.41, 5.74) is 0. The largest absolute Gasteiger partial charge is 0.312 e. The first-order valence-electron chi connectivity index (χ1n) is 5.95. The van der Waals surface area contributed by atoms with Crippen molar-refractivity contribution in [2.45, 2.75) is 17.7 Å². The van der Waals surface area contributed by atoms with E-state index in [0.29, 0.717) is 11.0 Å². The number of hydrogen-bond donors (Lipinski definition) is 2. The number of pyridine rings is 1. The Hall–Kier alpha value is -0.960. The van der Waals surface area contributed by atoms with Crippen LogP contribution < -0.4 is 10.0 Å². The highest BCUT2D eigenvalue weighted by Gasteiger charge is 2.18. The molecular formula is C12H14BrN3O2S2. The molecule has 2 rings (SSSR count). The molecule has 20 heavy (non-hydrogen) atoms. The van der Waals surface area contributed by atoms with Gasteiger partial charge in [-0.15, -0.1) is 11.3 Å². The van der Waals surface area contributed by atoms with E-state index in [0.717, 1.165) is 11.4 Å². The number of halogens is 1. The molecule has 2 aromatic rings. The van der Waals surface area contributed by atoms with E-state index in [-0.39, 0.29) is 10.0 Å². The van der Waals surface area contributed by atoms with Crippen LogP contribution in [0.2, 0.25) is 0 Å². The molecule has 0 spiro atoms. The van der Waals surface area contributed by atoms with Crippen LogP contribution >= 0.6 is 27.3 Å². The van der Waals surface area contributed by atoms with Gasteiger partial charge < -0.3 is 5.32 Å². The van der Waals surface area contributed by atoms with Crippen molar-refractivity contribution < 1.29 is 8.42 Å². The summed E-state index contributed by atoms with van der Waals surface area (Å²) in [7, 11) is -3.59. The monoisotopic (exact) mass is 375 g/mol. The number of thiophene rings is 1. The molecule has 0 amide bonds. The smallest absolute Gasteiger partial charge is 0.272 e. The molecule has 0 aliphatic rings. The van der Waals surface area contributed by atoms with Crippen LogP contribution in [0.3, 0.4) is 0 Å². The molecule has 0 radical (unpaired) electrons. The van der Waals surface area contributed by atoms with Gasteiger partial charge in [-0.2, -0.15) is 0 Å². The Bertz CT molecular complexity index is 686. The molecule has 5 nitrogen and oxygen atoms in total. The minimum atomic E-state index is -3.59. The molecule has 0 fully saturated rings. The quantitative estimate of drug-likeness (QED) is 0.814. The standard InChI is InChI=1S/C12H14BrN3O2S2/c1-2-14-8-9-5-6-11(19-9)20(17,18)16-12-10(13)4-3-7-15-12/h3-7,14H,2,8H2,1H3,(H,15,16). The minimum absolute atomic E-state index is 0.281. The predicted molar refractivity (Wildman–Crippen MR) is 84.4 cm³/mol. The molecule has 0 saturated carbocycles. The number of rotatable bonds is 6. The third-order valence-corrected chi connectivity index (χ3v) is 6.00. The number of aromatic nitrogens is 1. The average Bonchev–Trinajstić information content (AvgIpc) is 2.88. The molecule has 0 bridgehead atoms. The first kappa shape index (κ1) is 15.4. The molecule has 0 aromatic carbocycles. The van der Waals surface area contributed by atoms with Gasteiger partial charge in [0.05, 0.1) is 4.47 Å². The van der Waals surface area contributed by atoms with E-state index >= 15 is 0 Å². The van der Waals surface area contributed by atoms with Gasteiger partial charge in [-0.1, -0.05) is 6.92 Å². The van der Waals surface area contributed by atoms with Gasteiger partial charge in [0.15, 0.2) is 5.82 Å². The Morgan fingerprint density at radius 3 is 2.85 bits per heavy atom. The third-order valence-electron chi connectivity index (χ3n) is 2.44. The fraction of sp³-hybridized carbons (Fsp3) is 0.250. The first-order valence-corrected chi connectivity index (χ1v) is 9.05. The van der Waals surface area contributed by atoms with Crippen molar-refractivity contribution in [2.24, 2.45) is 0 Å². The van der Waals surface area contributed by atoms with Crippen molar-refractivity contribution >= 4 is 43.1 Å². The maximum atomic E-state index is 12.3. The lowest BCUT2D eigenvalue weighted by molar-refractivity contribution is 0.603. The van der Waals surface area contributed by atoms with Gasteiger partial charge in [-0.05, 0) is 46.7 Å². The summed E-state index contributed by atoms with van der Waals surface area (Å²) in [4.78, 5) is 4.98. The van der Waals surface area contributed by atoms with Gasteiger partial charge in [0.25, 0.3) is 10.0 Å². The summed E-state index contributed by atoms with van der Waals surface area (Å²) in [6.07, 6.45) is 1.54. The van der Waals surface area contributed by atoms with Gasteiger partial charge in [-0.3, -0.25) is 4.72 Å². The van der Waals surface area contributed by atoms with E-state index < -0.39 is 10.0 Å². The molecular weight excluding hydrogens is 362 g/mol. The summed E-state index contributed by atoms with van der Waals surface area (Å²) < 4.78 is 27.9. The van der Waals surface area contributed by atoms with E-state index in [1.165, 1.54) is 17.5 Å².